The van der Waals surface area contributed by atoms with Gasteiger partial charge in [0.2, 0.25) is 0 Å². The predicted molar refractivity (Wildman–Crippen MR) is 83.9 cm³/mol. The minimum atomic E-state index is 0.271. The summed E-state index contributed by atoms with van der Waals surface area (Å²) in [5, 5.41) is 9.09. The van der Waals surface area contributed by atoms with Gasteiger partial charge in [0.15, 0.2) is 0 Å². The Balaban J connectivity index is 1.78. The maximum absolute atomic E-state index is 4.71. The van der Waals surface area contributed by atoms with E-state index in [4.69, 9.17) is 4.98 Å². The number of aromatic nitrogens is 1. The predicted octanol–water partition coefficient (Wildman–Crippen LogP) is 4.77. The van der Waals surface area contributed by atoms with E-state index in [0.717, 1.165) is 10.5 Å². The number of fused-ring (bicyclic) bond motifs is 1. The Morgan fingerprint density at radius 1 is 1.11 bits per heavy atom. The molecule has 0 bridgehead atoms. The Kier molecular flexibility index (Phi) is 3.64. The maximum Gasteiger partial charge on any atom is 0.111 e. The molecule has 98 valence electrons. The molecule has 1 N–H and O–H groups in total. The van der Waals surface area contributed by atoms with Gasteiger partial charge >= 0.3 is 0 Å². The van der Waals surface area contributed by atoms with Crippen LogP contribution in [0.25, 0.3) is 10.2 Å². The molecule has 0 radical (unpaired) electrons. The summed E-state index contributed by atoms with van der Waals surface area (Å²) in [6.45, 7) is 4.38. The van der Waals surface area contributed by atoms with Crippen molar-refractivity contribution in [3.63, 3.8) is 0 Å². The molecule has 2 heterocycles. The lowest BCUT2D eigenvalue weighted by Crippen LogP contribution is -2.21. The quantitative estimate of drug-likeness (QED) is 0.748. The van der Waals surface area contributed by atoms with E-state index in [1.165, 1.54) is 10.3 Å². The fourth-order valence-electron chi connectivity index (χ4n) is 2.14. The summed E-state index contributed by atoms with van der Waals surface area (Å²) in [7, 11) is 0. The molecule has 3 aromatic rings. The molecule has 0 aliphatic heterocycles. The number of hydrogen-bond acceptors (Lipinski definition) is 4. The molecule has 0 aliphatic carbocycles. The summed E-state index contributed by atoms with van der Waals surface area (Å²) < 4.78 is 1.26. The van der Waals surface area contributed by atoms with Gasteiger partial charge < -0.3 is 5.32 Å². The SMILES string of the molecule is CC(NC(C)c1nc2ccccc2s1)c1ccsc1. The smallest absolute Gasteiger partial charge is 0.111 e. The second-order valence-electron chi connectivity index (χ2n) is 4.69. The first kappa shape index (κ1) is 12.8. The first-order valence-electron chi connectivity index (χ1n) is 6.37. The van der Waals surface area contributed by atoms with Crippen molar-refractivity contribution in [2.24, 2.45) is 0 Å². The molecule has 19 heavy (non-hydrogen) atoms. The molecule has 0 saturated carbocycles. The molecular weight excluding hydrogens is 272 g/mol. The third kappa shape index (κ3) is 2.71. The Morgan fingerprint density at radius 3 is 2.68 bits per heavy atom. The first-order chi connectivity index (χ1) is 9.24. The molecule has 2 atom stereocenters. The van der Waals surface area contributed by atoms with Gasteiger partial charge in [-0.25, -0.2) is 4.98 Å². The fourth-order valence-corrected chi connectivity index (χ4v) is 3.87. The van der Waals surface area contributed by atoms with E-state index >= 15 is 0 Å². The molecule has 3 rings (SSSR count). The van der Waals surface area contributed by atoms with Crippen LogP contribution in [0, 0.1) is 0 Å². The number of benzene rings is 1. The average molecular weight is 288 g/mol. The summed E-state index contributed by atoms with van der Waals surface area (Å²) >= 11 is 3.52. The van der Waals surface area contributed by atoms with Crippen molar-refractivity contribution in [1.29, 1.82) is 0 Å². The Labute approximate surface area is 121 Å². The topological polar surface area (TPSA) is 24.9 Å². The van der Waals surface area contributed by atoms with Gasteiger partial charge in [0, 0.05) is 6.04 Å². The van der Waals surface area contributed by atoms with Crippen molar-refractivity contribution >= 4 is 32.9 Å². The van der Waals surface area contributed by atoms with E-state index in [1.54, 1.807) is 22.7 Å². The highest BCUT2D eigenvalue weighted by atomic mass is 32.1. The summed E-state index contributed by atoms with van der Waals surface area (Å²) in [5.41, 5.74) is 2.44. The van der Waals surface area contributed by atoms with Gasteiger partial charge in [-0.2, -0.15) is 11.3 Å². The van der Waals surface area contributed by atoms with Crippen molar-refractivity contribution in [3.05, 3.63) is 51.7 Å². The van der Waals surface area contributed by atoms with Gasteiger partial charge in [-0.15, -0.1) is 11.3 Å². The van der Waals surface area contributed by atoms with Crippen LogP contribution in [0.1, 0.15) is 36.5 Å². The van der Waals surface area contributed by atoms with Gasteiger partial charge in [-0.1, -0.05) is 12.1 Å². The Morgan fingerprint density at radius 2 is 1.95 bits per heavy atom. The maximum atomic E-state index is 4.71. The van der Waals surface area contributed by atoms with Crippen LogP contribution in [0.4, 0.5) is 0 Å². The molecule has 0 amide bonds. The fraction of sp³-hybridized carbons (Fsp3) is 0.267. The molecule has 1 aromatic carbocycles. The van der Waals surface area contributed by atoms with Crippen LogP contribution in [-0.4, -0.2) is 4.98 Å². The number of rotatable bonds is 4. The van der Waals surface area contributed by atoms with Crippen LogP contribution in [-0.2, 0) is 0 Å². The van der Waals surface area contributed by atoms with Crippen LogP contribution in [0.3, 0.4) is 0 Å². The number of para-hydroxylation sites is 1. The van der Waals surface area contributed by atoms with Crippen molar-refractivity contribution in [3.8, 4) is 0 Å². The lowest BCUT2D eigenvalue weighted by molar-refractivity contribution is 0.494. The molecule has 0 saturated heterocycles. The number of nitrogens with one attached hydrogen (secondary N) is 1. The second-order valence-corrected chi connectivity index (χ2v) is 6.53. The Hall–Kier alpha value is -1.23. The van der Waals surface area contributed by atoms with Gasteiger partial charge in [0.05, 0.1) is 16.3 Å². The minimum Gasteiger partial charge on any atom is -0.301 e. The van der Waals surface area contributed by atoms with Crippen LogP contribution < -0.4 is 5.32 Å². The summed E-state index contributed by atoms with van der Waals surface area (Å²) in [6.07, 6.45) is 0. The number of thiophene rings is 1. The summed E-state index contributed by atoms with van der Waals surface area (Å²) in [4.78, 5) is 4.71. The van der Waals surface area contributed by atoms with Crippen LogP contribution in [0.5, 0.6) is 0 Å². The number of thiazole rings is 1. The normalized spacial score (nSPS) is 14.6. The van der Waals surface area contributed by atoms with Crippen LogP contribution in [0.2, 0.25) is 0 Å². The zero-order valence-electron chi connectivity index (χ0n) is 11.0. The average Bonchev–Trinajstić information content (AvgIpc) is 3.07. The third-order valence-electron chi connectivity index (χ3n) is 3.22. The van der Waals surface area contributed by atoms with Crippen molar-refractivity contribution in [2.75, 3.05) is 0 Å². The molecule has 2 aromatic heterocycles. The van der Waals surface area contributed by atoms with Crippen molar-refractivity contribution < 1.29 is 0 Å². The van der Waals surface area contributed by atoms with Crippen LogP contribution in [0.15, 0.2) is 41.1 Å². The highest BCUT2D eigenvalue weighted by Gasteiger charge is 2.14. The van der Waals surface area contributed by atoms with Gasteiger partial charge in [0.25, 0.3) is 0 Å². The van der Waals surface area contributed by atoms with Gasteiger partial charge in [-0.05, 0) is 48.4 Å². The molecule has 0 fully saturated rings. The largest absolute Gasteiger partial charge is 0.301 e. The molecule has 2 unspecified atom stereocenters. The zero-order valence-corrected chi connectivity index (χ0v) is 12.6. The minimum absolute atomic E-state index is 0.271. The zero-order chi connectivity index (χ0) is 13.2. The van der Waals surface area contributed by atoms with E-state index in [1.807, 2.05) is 6.07 Å². The summed E-state index contributed by atoms with van der Waals surface area (Å²) in [6, 6.07) is 11.1. The van der Waals surface area contributed by atoms with E-state index in [0.29, 0.717) is 6.04 Å². The van der Waals surface area contributed by atoms with E-state index < -0.39 is 0 Å². The molecule has 0 aliphatic rings. The first-order valence-corrected chi connectivity index (χ1v) is 8.13. The molecule has 2 nitrogen and oxygen atoms in total. The highest BCUT2D eigenvalue weighted by Crippen LogP contribution is 2.28. The summed E-state index contributed by atoms with van der Waals surface area (Å²) in [5.74, 6) is 0. The third-order valence-corrected chi connectivity index (χ3v) is 5.14. The Bertz CT molecular complexity index is 625. The van der Waals surface area contributed by atoms with Crippen molar-refractivity contribution in [1.82, 2.24) is 10.3 Å². The lowest BCUT2D eigenvalue weighted by Gasteiger charge is -2.17. The standard InChI is InChI=1S/C15H16N2S2/c1-10(12-7-8-18-9-12)16-11(2)15-17-13-5-3-4-6-14(13)19-15/h3-11,16H,1-2H3. The van der Waals surface area contributed by atoms with Gasteiger partial charge in [-0.3, -0.25) is 0 Å². The van der Waals surface area contributed by atoms with Gasteiger partial charge in [0.1, 0.15) is 5.01 Å². The molecule has 4 heteroatoms. The second kappa shape index (κ2) is 5.41. The van der Waals surface area contributed by atoms with E-state index in [9.17, 15) is 0 Å². The molecule has 0 spiro atoms. The lowest BCUT2D eigenvalue weighted by atomic mass is 10.1. The molecular formula is C15H16N2S2. The number of nitrogens with zero attached hydrogens (tertiary/aromatic N) is 1. The van der Waals surface area contributed by atoms with E-state index in [-0.39, 0.29) is 6.04 Å². The monoisotopic (exact) mass is 288 g/mol. The van der Waals surface area contributed by atoms with Crippen molar-refractivity contribution in [2.45, 2.75) is 25.9 Å². The van der Waals surface area contributed by atoms with Crippen LogP contribution >= 0.6 is 22.7 Å². The highest BCUT2D eigenvalue weighted by molar-refractivity contribution is 7.18. The number of hydrogen-bond donors (Lipinski definition) is 1. The van der Waals surface area contributed by atoms with E-state index in [2.05, 4.69) is 54.2 Å².